The molecule has 5 rings (SSSR count). The molecule has 1 aromatic carbocycles. The van der Waals surface area contributed by atoms with E-state index < -0.39 is 5.60 Å². The topological polar surface area (TPSA) is 57.6 Å². The maximum atomic E-state index is 12.0. The van der Waals surface area contributed by atoms with E-state index in [1.54, 1.807) is 7.11 Å². The van der Waals surface area contributed by atoms with Crippen LogP contribution in [-0.2, 0) is 16.8 Å². The highest BCUT2D eigenvalue weighted by Gasteiger charge is 2.54. The average molecular weight is 406 g/mol. The third kappa shape index (κ3) is 3.96. The molecule has 2 N–H and O–H groups in total. The summed E-state index contributed by atoms with van der Waals surface area (Å²) in [4.78, 5) is 6.91. The summed E-state index contributed by atoms with van der Waals surface area (Å²) in [5, 5.41) is 15.4. The van der Waals surface area contributed by atoms with Crippen molar-refractivity contribution in [3.63, 3.8) is 0 Å². The zero-order chi connectivity index (χ0) is 21.0. The molecule has 3 saturated heterocycles. The largest absolute Gasteiger partial charge is 0.385 e. The number of nitrogens with one attached hydrogen (secondary N) is 1. The lowest BCUT2D eigenvalue weighted by atomic mass is 9.66. The van der Waals surface area contributed by atoms with Crippen LogP contribution < -0.4 is 5.32 Å². The lowest BCUT2D eigenvalue weighted by molar-refractivity contribution is -0.143. The molecule has 1 aromatic heterocycles. The van der Waals surface area contributed by atoms with Crippen molar-refractivity contribution in [3.8, 4) is 12.3 Å². The zero-order valence-electron chi connectivity index (χ0n) is 17.7. The first kappa shape index (κ1) is 20.9. The summed E-state index contributed by atoms with van der Waals surface area (Å²) < 4.78 is 5.13. The monoisotopic (exact) mass is 405 g/mol. The minimum Gasteiger partial charge on any atom is -0.385 e. The fourth-order valence-corrected chi connectivity index (χ4v) is 5.05. The van der Waals surface area contributed by atoms with E-state index in [9.17, 15) is 5.11 Å². The number of pyridine rings is 1. The fourth-order valence-electron chi connectivity index (χ4n) is 5.05. The van der Waals surface area contributed by atoms with Crippen LogP contribution in [0, 0.1) is 18.3 Å². The molecular weight excluding hydrogens is 374 g/mol. The summed E-state index contributed by atoms with van der Waals surface area (Å²) in [5.41, 5.74) is 2.11. The lowest BCUT2D eigenvalue weighted by Gasteiger charge is -2.54. The number of anilines is 1. The molecule has 5 heteroatoms. The van der Waals surface area contributed by atoms with Gasteiger partial charge in [0.25, 0.3) is 0 Å². The summed E-state index contributed by atoms with van der Waals surface area (Å²) in [6.45, 7) is 3.42. The Bertz CT molecular complexity index is 887. The Kier molecular flexibility index (Phi) is 6.38. The van der Waals surface area contributed by atoms with Gasteiger partial charge in [0.15, 0.2) is 0 Å². The summed E-state index contributed by atoms with van der Waals surface area (Å²) >= 11 is 0. The molecule has 30 heavy (non-hydrogen) atoms. The van der Waals surface area contributed by atoms with E-state index in [2.05, 4.69) is 39.3 Å². The van der Waals surface area contributed by atoms with Gasteiger partial charge in [-0.3, -0.25) is 4.90 Å². The van der Waals surface area contributed by atoms with Crippen LogP contribution in [0.15, 0.2) is 42.6 Å². The van der Waals surface area contributed by atoms with Gasteiger partial charge in [0.1, 0.15) is 17.5 Å². The highest BCUT2D eigenvalue weighted by atomic mass is 16.5. The molecule has 0 aliphatic carbocycles. The quantitative estimate of drug-likeness (QED) is 0.522. The second kappa shape index (κ2) is 9.18. The van der Waals surface area contributed by atoms with E-state index in [4.69, 9.17) is 11.2 Å². The van der Waals surface area contributed by atoms with Gasteiger partial charge in [-0.1, -0.05) is 36.3 Å². The first-order valence-electron chi connectivity index (χ1n) is 10.9. The number of aromatic nitrogens is 1. The van der Waals surface area contributed by atoms with E-state index in [1.807, 2.05) is 24.4 Å². The maximum absolute atomic E-state index is 12.0. The van der Waals surface area contributed by atoms with Crippen LogP contribution in [-0.4, -0.2) is 54.4 Å². The van der Waals surface area contributed by atoms with E-state index >= 15 is 0 Å². The molecule has 5 nitrogen and oxygen atoms in total. The number of terminal acetylenes is 1. The van der Waals surface area contributed by atoms with E-state index in [0.29, 0.717) is 6.61 Å². The normalized spacial score (nSPS) is 27.6. The number of benzene rings is 1. The minimum absolute atomic E-state index is 0.167. The number of ether oxygens (including phenoxy) is 1. The molecule has 2 unspecified atom stereocenters. The molecule has 0 saturated carbocycles. The smallest absolute Gasteiger partial charge is 0.126 e. The Balaban J connectivity index is 1.70. The summed E-state index contributed by atoms with van der Waals surface area (Å²) in [6.07, 6.45) is 11.4. The van der Waals surface area contributed by atoms with Crippen molar-refractivity contribution in [1.82, 2.24) is 9.88 Å². The van der Waals surface area contributed by atoms with Gasteiger partial charge in [0, 0.05) is 32.0 Å². The molecule has 0 amide bonds. The second-order valence-electron chi connectivity index (χ2n) is 8.37. The number of hydrogen-bond donors (Lipinski definition) is 2. The Morgan fingerprint density at radius 3 is 2.77 bits per heavy atom. The second-order valence-corrected chi connectivity index (χ2v) is 8.37. The van der Waals surface area contributed by atoms with Crippen LogP contribution >= 0.6 is 0 Å². The van der Waals surface area contributed by atoms with E-state index in [1.165, 1.54) is 5.56 Å². The van der Waals surface area contributed by atoms with Crippen molar-refractivity contribution in [2.75, 3.05) is 38.7 Å². The molecule has 0 radical (unpaired) electrons. The van der Waals surface area contributed by atoms with Crippen molar-refractivity contribution in [3.05, 3.63) is 59.3 Å². The van der Waals surface area contributed by atoms with Crippen LogP contribution in [0.5, 0.6) is 0 Å². The SMILES string of the molecule is C#CC1N2CCC(CC2)C1(O)c1cnc(NCCCOC)cc1Cc1ccccc1. The Labute approximate surface area is 179 Å². The van der Waals surface area contributed by atoms with Gasteiger partial charge < -0.3 is 15.2 Å². The van der Waals surface area contributed by atoms with Gasteiger partial charge in [0.2, 0.25) is 0 Å². The fraction of sp³-hybridized carbons (Fsp3) is 0.480. The van der Waals surface area contributed by atoms with Crippen molar-refractivity contribution < 1.29 is 9.84 Å². The van der Waals surface area contributed by atoms with Gasteiger partial charge in [-0.15, -0.1) is 6.42 Å². The number of aliphatic hydroxyl groups is 1. The molecule has 3 aliphatic heterocycles. The summed E-state index contributed by atoms with van der Waals surface area (Å²) in [5.74, 6) is 3.89. The van der Waals surface area contributed by atoms with E-state index in [0.717, 1.165) is 62.3 Å². The van der Waals surface area contributed by atoms with Crippen LogP contribution in [0.1, 0.15) is 36.0 Å². The Morgan fingerprint density at radius 1 is 1.30 bits per heavy atom. The van der Waals surface area contributed by atoms with Crippen molar-refractivity contribution in [2.45, 2.75) is 37.3 Å². The van der Waals surface area contributed by atoms with Crippen molar-refractivity contribution in [1.29, 1.82) is 0 Å². The number of fused-ring (bicyclic) bond motifs is 3. The van der Waals surface area contributed by atoms with E-state index in [-0.39, 0.29) is 12.0 Å². The van der Waals surface area contributed by atoms with Gasteiger partial charge in [-0.05, 0) is 61.9 Å². The molecule has 3 aliphatic rings. The zero-order valence-corrected chi connectivity index (χ0v) is 17.7. The molecule has 2 atom stereocenters. The molecular formula is C25H31N3O2. The molecule has 2 aromatic rings. The molecule has 158 valence electrons. The molecule has 0 spiro atoms. The van der Waals surface area contributed by atoms with Crippen LogP contribution in [0.2, 0.25) is 0 Å². The molecule has 4 heterocycles. The number of nitrogens with zero attached hydrogens (tertiary/aromatic N) is 2. The third-order valence-corrected chi connectivity index (χ3v) is 6.58. The van der Waals surface area contributed by atoms with Gasteiger partial charge in [-0.2, -0.15) is 0 Å². The van der Waals surface area contributed by atoms with Crippen LogP contribution in [0.3, 0.4) is 0 Å². The Morgan fingerprint density at radius 2 is 2.07 bits per heavy atom. The molecule has 2 bridgehead atoms. The highest BCUT2D eigenvalue weighted by molar-refractivity contribution is 5.47. The number of hydrogen-bond acceptors (Lipinski definition) is 5. The highest BCUT2D eigenvalue weighted by Crippen LogP contribution is 2.47. The summed E-state index contributed by atoms with van der Waals surface area (Å²) in [7, 11) is 1.71. The number of piperidine rings is 3. The maximum Gasteiger partial charge on any atom is 0.126 e. The minimum atomic E-state index is -1.06. The predicted molar refractivity (Wildman–Crippen MR) is 119 cm³/mol. The number of rotatable bonds is 8. The Hall–Kier alpha value is -2.39. The van der Waals surface area contributed by atoms with Crippen molar-refractivity contribution in [2.24, 2.45) is 5.92 Å². The van der Waals surface area contributed by atoms with Gasteiger partial charge in [-0.25, -0.2) is 4.98 Å². The summed E-state index contributed by atoms with van der Waals surface area (Å²) in [6, 6.07) is 12.1. The average Bonchev–Trinajstić information content (AvgIpc) is 2.78. The van der Waals surface area contributed by atoms with Crippen LogP contribution in [0.25, 0.3) is 0 Å². The standard InChI is InChI=1S/C25H31N3O2/c1-3-23-25(29,21-10-13-28(23)14-11-21)22-18-27-24(26-12-7-15-30-2)17-20(22)16-19-8-5-4-6-9-19/h1,4-6,8-9,17-18,21,23,29H,7,10-16H2,2H3,(H,26,27). The first-order chi connectivity index (χ1) is 14.7. The van der Waals surface area contributed by atoms with Gasteiger partial charge in [0.05, 0.1) is 0 Å². The van der Waals surface area contributed by atoms with Crippen LogP contribution in [0.4, 0.5) is 5.82 Å². The third-order valence-electron chi connectivity index (χ3n) is 6.58. The van der Waals surface area contributed by atoms with Gasteiger partial charge >= 0.3 is 0 Å². The molecule has 3 fully saturated rings. The van der Waals surface area contributed by atoms with Crippen molar-refractivity contribution >= 4 is 5.82 Å². The first-order valence-corrected chi connectivity index (χ1v) is 10.9. The number of methoxy groups -OCH3 is 1. The lowest BCUT2D eigenvalue weighted by Crippen LogP contribution is -2.63. The predicted octanol–water partition coefficient (Wildman–Crippen LogP) is 3.04.